The highest BCUT2D eigenvalue weighted by atomic mass is 35.5. The van der Waals surface area contributed by atoms with Crippen LogP contribution in [0.5, 0.6) is 0 Å². The highest BCUT2D eigenvalue weighted by molar-refractivity contribution is 7.14. The minimum Gasteiger partial charge on any atom is -0.298 e. The molecular formula is C18H17ClN2OS. The number of carbonyl (C=O) groups excluding carboxylic acids is 1. The zero-order valence-corrected chi connectivity index (χ0v) is 14.5. The number of nitrogens with zero attached hydrogens (tertiary/aromatic N) is 1. The number of carbonyl (C=O) groups is 1. The fraction of sp³-hybridized carbons (Fsp3) is 0.111. The minimum absolute atomic E-state index is 0. The maximum atomic E-state index is 12.1. The second kappa shape index (κ2) is 7.40. The van der Waals surface area contributed by atoms with Gasteiger partial charge in [0.2, 0.25) is 0 Å². The third-order valence-electron chi connectivity index (χ3n) is 3.42. The molecule has 1 aromatic heterocycles. The molecule has 0 saturated carbocycles. The molecule has 5 heteroatoms. The van der Waals surface area contributed by atoms with Crippen molar-refractivity contribution in [2.45, 2.75) is 13.8 Å². The summed E-state index contributed by atoms with van der Waals surface area (Å²) in [5.41, 5.74) is 5.04. The van der Waals surface area contributed by atoms with E-state index >= 15 is 0 Å². The summed E-state index contributed by atoms with van der Waals surface area (Å²) >= 11 is 1.44. The van der Waals surface area contributed by atoms with Crippen LogP contribution in [-0.4, -0.2) is 10.9 Å². The topological polar surface area (TPSA) is 42.0 Å². The van der Waals surface area contributed by atoms with Crippen LogP contribution in [0.1, 0.15) is 21.5 Å². The number of nitrogens with one attached hydrogen (secondary N) is 1. The third-order valence-corrected chi connectivity index (χ3v) is 4.18. The first-order valence-electron chi connectivity index (χ1n) is 7.03. The van der Waals surface area contributed by atoms with Gasteiger partial charge in [-0.25, -0.2) is 4.98 Å². The SMILES string of the molecule is Cc1ccc(-c2csc(NC(=O)c3ccccc3)n2)c(C)c1.Cl. The van der Waals surface area contributed by atoms with E-state index in [1.165, 1.54) is 22.5 Å². The molecule has 1 N–H and O–H groups in total. The van der Waals surface area contributed by atoms with Crippen molar-refractivity contribution in [2.75, 3.05) is 5.32 Å². The molecule has 0 saturated heterocycles. The normalized spacial score (nSPS) is 10.0. The van der Waals surface area contributed by atoms with E-state index in [1.807, 2.05) is 23.6 Å². The number of aryl methyl sites for hydroxylation is 2. The molecule has 1 heterocycles. The van der Waals surface area contributed by atoms with Crippen molar-refractivity contribution in [1.82, 2.24) is 4.98 Å². The van der Waals surface area contributed by atoms with Crippen molar-refractivity contribution in [3.8, 4) is 11.3 Å². The van der Waals surface area contributed by atoms with Gasteiger partial charge in [-0.3, -0.25) is 10.1 Å². The summed E-state index contributed by atoms with van der Waals surface area (Å²) in [5.74, 6) is -0.137. The van der Waals surface area contributed by atoms with E-state index in [2.05, 4.69) is 42.3 Å². The molecule has 0 aliphatic carbocycles. The lowest BCUT2D eigenvalue weighted by Gasteiger charge is -2.04. The van der Waals surface area contributed by atoms with E-state index in [4.69, 9.17) is 0 Å². The first kappa shape index (κ1) is 17.2. The van der Waals surface area contributed by atoms with E-state index in [1.54, 1.807) is 12.1 Å². The molecule has 0 spiro atoms. The van der Waals surface area contributed by atoms with E-state index in [-0.39, 0.29) is 18.3 Å². The third kappa shape index (κ3) is 3.97. The first-order chi connectivity index (χ1) is 10.6. The fourth-order valence-electron chi connectivity index (χ4n) is 2.31. The summed E-state index contributed by atoms with van der Waals surface area (Å²) in [5, 5.41) is 5.43. The molecule has 0 atom stereocenters. The van der Waals surface area contributed by atoms with Gasteiger partial charge in [0.15, 0.2) is 5.13 Å². The van der Waals surface area contributed by atoms with Crippen molar-refractivity contribution in [2.24, 2.45) is 0 Å². The second-order valence-corrected chi connectivity index (χ2v) is 6.03. The molecule has 3 nitrogen and oxygen atoms in total. The average molecular weight is 345 g/mol. The van der Waals surface area contributed by atoms with Crippen LogP contribution >= 0.6 is 23.7 Å². The van der Waals surface area contributed by atoms with Gasteiger partial charge in [-0.1, -0.05) is 42.0 Å². The Balaban J connectivity index is 0.00000192. The zero-order chi connectivity index (χ0) is 15.5. The van der Waals surface area contributed by atoms with E-state index < -0.39 is 0 Å². The van der Waals surface area contributed by atoms with Crippen molar-refractivity contribution in [3.05, 3.63) is 70.6 Å². The zero-order valence-electron chi connectivity index (χ0n) is 12.9. The number of hydrogen-bond donors (Lipinski definition) is 1. The van der Waals surface area contributed by atoms with Crippen LogP contribution in [0.25, 0.3) is 11.3 Å². The predicted molar refractivity (Wildman–Crippen MR) is 98.7 cm³/mol. The van der Waals surface area contributed by atoms with Gasteiger partial charge in [0, 0.05) is 16.5 Å². The largest absolute Gasteiger partial charge is 0.298 e. The van der Waals surface area contributed by atoms with Crippen molar-refractivity contribution < 1.29 is 4.79 Å². The summed E-state index contributed by atoms with van der Waals surface area (Å²) < 4.78 is 0. The average Bonchev–Trinajstić information content (AvgIpc) is 2.96. The van der Waals surface area contributed by atoms with Gasteiger partial charge in [0.1, 0.15) is 0 Å². The van der Waals surface area contributed by atoms with Crippen LogP contribution in [0.3, 0.4) is 0 Å². The summed E-state index contributed by atoms with van der Waals surface area (Å²) in [6.07, 6.45) is 0. The number of rotatable bonds is 3. The molecule has 3 rings (SSSR count). The molecule has 0 bridgehead atoms. The molecule has 2 aromatic carbocycles. The highest BCUT2D eigenvalue weighted by Gasteiger charge is 2.10. The maximum absolute atomic E-state index is 12.1. The smallest absolute Gasteiger partial charge is 0.257 e. The van der Waals surface area contributed by atoms with Gasteiger partial charge < -0.3 is 0 Å². The Bertz CT molecular complexity index is 815. The van der Waals surface area contributed by atoms with E-state index in [0.717, 1.165) is 11.3 Å². The molecule has 118 valence electrons. The number of hydrogen-bond acceptors (Lipinski definition) is 3. The summed E-state index contributed by atoms with van der Waals surface area (Å²) in [4.78, 5) is 16.7. The molecule has 0 fully saturated rings. The van der Waals surface area contributed by atoms with Gasteiger partial charge in [-0.2, -0.15) is 0 Å². The number of benzene rings is 2. The predicted octanol–water partition coefficient (Wildman–Crippen LogP) is 5.10. The number of thiazole rings is 1. The molecule has 1 amide bonds. The lowest BCUT2D eigenvalue weighted by Crippen LogP contribution is -2.11. The Morgan fingerprint density at radius 2 is 1.83 bits per heavy atom. The summed E-state index contributed by atoms with van der Waals surface area (Å²) in [6, 6.07) is 15.4. The molecule has 23 heavy (non-hydrogen) atoms. The molecule has 3 aromatic rings. The van der Waals surface area contributed by atoms with E-state index in [9.17, 15) is 4.79 Å². The van der Waals surface area contributed by atoms with Crippen molar-refractivity contribution in [3.63, 3.8) is 0 Å². The standard InChI is InChI=1S/C18H16N2OS.ClH/c1-12-8-9-15(13(2)10-12)16-11-22-18(19-16)20-17(21)14-6-4-3-5-7-14;/h3-11H,1-2H3,(H,19,20,21);1H. The van der Waals surface area contributed by atoms with Crippen LogP contribution < -0.4 is 5.32 Å². The maximum Gasteiger partial charge on any atom is 0.257 e. The quantitative estimate of drug-likeness (QED) is 0.718. The molecular weight excluding hydrogens is 328 g/mol. The molecule has 0 aliphatic heterocycles. The Morgan fingerprint density at radius 3 is 2.52 bits per heavy atom. The number of halogens is 1. The first-order valence-corrected chi connectivity index (χ1v) is 7.91. The Kier molecular flexibility index (Phi) is 5.53. The number of amides is 1. The Morgan fingerprint density at radius 1 is 1.09 bits per heavy atom. The Labute approximate surface area is 145 Å². The fourth-order valence-corrected chi connectivity index (χ4v) is 3.02. The van der Waals surface area contributed by atoms with Gasteiger partial charge in [0.05, 0.1) is 5.69 Å². The van der Waals surface area contributed by atoms with E-state index in [0.29, 0.717) is 10.7 Å². The van der Waals surface area contributed by atoms with Gasteiger partial charge in [0.25, 0.3) is 5.91 Å². The Hall–Kier alpha value is -2.17. The van der Waals surface area contributed by atoms with Crippen LogP contribution in [-0.2, 0) is 0 Å². The number of anilines is 1. The van der Waals surface area contributed by atoms with Gasteiger partial charge in [-0.15, -0.1) is 23.7 Å². The lowest BCUT2D eigenvalue weighted by molar-refractivity contribution is 0.102. The van der Waals surface area contributed by atoms with Crippen LogP contribution in [0.2, 0.25) is 0 Å². The monoisotopic (exact) mass is 344 g/mol. The van der Waals surface area contributed by atoms with Crippen LogP contribution in [0, 0.1) is 13.8 Å². The van der Waals surface area contributed by atoms with Gasteiger partial charge in [-0.05, 0) is 31.5 Å². The molecule has 0 unspecified atom stereocenters. The molecule has 0 aliphatic rings. The highest BCUT2D eigenvalue weighted by Crippen LogP contribution is 2.28. The van der Waals surface area contributed by atoms with Crippen molar-refractivity contribution in [1.29, 1.82) is 0 Å². The number of aromatic nitrogens is 1. The minimum atomic E-state index is -0.137. The lowest BCUT2D eigenvalue weighted by atomic mass is 10.0. The summed E-state index contributed by atoms with van der Waals surface area (Å²) in [6.45, 7) is 4.15. The summed E-state index contributed by atoms with van der Waals surface area (Å²) in [7, 11) is 0. The van der Waals surface area contributed by atoms with Gasteiger partial charge >= 0.3 is 0 Å². The second-order valence-electron chi connectivity index (χ2n) is 5.18. The van der Waals surface area contributed by atoms with Crippen molar-refractivity contribution >= 4 is 34.8 Å². The van der Waals surface area contributed by atoms with Crippen LogP contribution in [0.15, 0.2) is 53.9 Å². The molecule has 0 radical (unpaired) electrons. The van der Waals surface area contributed by atoms with Crippen LogP contribution in [0.4, 0.5) is 5.13 Å².